The topological polar surface area (TPSA) is 101 Å². The van der Waals surface area contributed by atoms with Gasteiger partial charge in [-0.2, -0.15) is 0 Å². The monoisotopic (exact) mass is 278 g/mol. The van der Waals surface area contributed by atoms with Crippen LogP contribution in [0, 0.1) is 5.82 Å². The Morgan fingerprint density at radius 3 is 2.90 bits per heavy atom. The standard InChI is InChI=1S/C12H15FN6O/c1-19-7-16-17-11(19)6-15-5-8-2-9(12(14)18-20)4-10(13)3-8/h2-4,7,15,20H,5-6H2,1H3,(H2,14,18). The molecule has 0 unspecified atom stereocenters. The highest BCUT2D eigenvalue weighted by molar-refractivity contribution is 5.97. The first-order valence-corrected chi connectivity index (χ1v) is 5.91. The van der Waals surface area contributed by atoms with Gasteiger partial charge in [0.15, 0.2) is 5.84 Å². The van der Waals surface area contributed by atoms with Gasteiger partial charge in [0, 0.05) is 19.2 Å². The highest BCUT2D eigenvalue weighted by atomic mass is 19.1. The van der Waals surface area contributed by atoms with E-state index in [2.05, 4.69) is 20.7 Å². The molecule has 2 aromatic rings. The number of hydrogen-bond donors (Lipinski definition) is 3. The lowest BCUT2D eigenvalue weighted by Gasteiger charge is -2.07. The normalized spacial score (nSPS) is 11.8. The van der Waals surface area contributed by atoms with Gasteiger partial charge < -0.3 is 20.8 Å². The maximum Gasteiger partial charge on any atom is 0.170 e. The summed E-state index contributed by atoms with van der Waals surface area (Å²) in [4.78, 5) is 0. The smallest absolute Gasteiger partial charge is 0.170 e. The first-order valence-electron chi connectivity index (χ1n) is 5.91. The molecular formula is C12H15FN6O. The van der Waals surface area contributed by atoms with Crippen molar-refractivity contribution in [2.45, 2.75) is 13.1 Å². The van der Waals surface area contributed by atoms with E-state index in [1.165, 1.54) is 12.1 Å². The molecule has 4 N–H and O–H groups in total. The van der Waals surface area contributed by atoms with E-state index in [0.29, 0.717) is 24.2 Å². The lowest BCUT2D eigenvalue weighted by atomic mass is 10.1. The van der Waals surface area contributed by atoms with Gasteiger partial charge in [0.25, 0.3) is 0 Å². The molecule has 0 atom stereocenters. The van der Waals surface area contributed by atoms with Crippen LogP contribution in [0.4, 0.5) is 4.39 Å². The number of halogens is 1. The van der Waals surface area contributed by atoms with Gasteiger partial charge >= 0.3 is 0 Å². The summed E-state index contributed by atoms with van der Waals surface area (Å²) in [6.07, 6.45) is 1.61. The number of nitrogens with two attached hydrogens (primary N) is 1. The van der Waals surface area contributed by atoms with Crippen LogP contribution in [-0.4, -0.2) is 25.8 Å². The van der Waals surface area contributed by atoms with Crippen LogP contribution in [0.1, 0.15) is 17.0 Å². The Kier molecular flexibility index (Phi) is 4.26. The number of rotatable bonds is 5. The van der Waals surface area contributed by atoms with Gasteiger partial charge in [-0.25, -0.2) is 4.39 Å². The maximum atomic E-state index is 13.4. The number of nitrogens with one attached hydrogen (secondary N) is 1. The SMILES string of the molecule is Cn1cnnc1CNCc1cc(F)cc(/C(N)=N/O)c1. The second-order valence-electron chi connectivity index (χ2n) is 4.30. The predicted octanol–water partition coefficient (Wildman–Crippen LogP) is 0.338. The molecule has 0 saturated carbocycles. The summed E-state index contributed by atoms with van der Waals surface area (Å²) in [5, 5.41) is 22.3. The fourth-order valence-electron chi connectivity index (χ4n) is 1.74. The molecule has 1 heterocycles. The highest BCUT2D eigenvalue weighted by Gasteiger charge is 2.05. The van der Waals surface area contributed by atoms with Crippen LogP contribution in [0.3, 0.4) is 0 Å². The van der Waals surface area contributed by atoms with Gasteiger partial charge in [0.1, 0.15) is 18.0 Å². The molecule has 20 heavy (non-hydrogen) atoms. The zero-order valence-electron chi connectivity index (χ0n) is 10.9. The second kappa shape index (κ2) is 6.11. The summed E-state index contributed by atoms with van der Waals surface area (Å²) in [7, 11) is 1.84. The molecule has 0 radical (unpaired) electrons. The molecule has 0 aliphatic heterocycles. The Morgan fingerprint density at radius 1 is 1.45 bits per heavy atom. The minimum atomic E-state index is -0.440. The number of hydrogen-bond acceptors (Lipinski definition) is 5. The van der Waals surface area contributed by atoms with E-state index in [1.54, 1.807) is 17.0 Å². The first kappa shape index (κ1) is 13.9. The van der Waals surface area contributed by atoms with E-state index in [-0.39, 0.29) is 5.84 Å². The summed E-state index contributed by atoms with van der Waals surface area (Å²) >= 11 is 0. The molecule has 1 aromatic carbocycles. The number of benzene rings is 1. The van der Waals surface area contributed by atoms with Crippen molar-refractivity contribution in [3.05, 3.63) is 47.3 Å². The molecule has 8 heteroatoms. The second-order valence-corrected chi connectivity index (χ2v) is 4.30. The number of aromatic nitrogens is 3. The molecule has 0 amide bonds. The molecule has 0 spiro atoms. The van der Waals surface area contributed by atoms with E-state index < -0.39 is 5.82 Å². The molecule has 0 bridgehead atoms. The van der Waals surface area contributed by atoms with Crippen molar-refractivity contribution in [3.8, 4) is 0 Å². The summed E-state index contributed by atoms with van der Waals surface area (Å²) in [6, 6.07) is 4.25. The van der Waals surface area contributed by atoms with Gasteiger partial charge in [-0.05, 0) is 23.8 Å². The van der Waals surface area contributed by atoms with Crippen molar-refractivity contribution in [2.24, 2.45) is 17.9 Å². The Hall–Kier alpha value is -2.48. The number of nitrogens with zero attached hydrogens (tertiary/aromatic N) is 4. The summed E-state index contributed by atoms with van der Waals surface area (Å²) in [5.74, 6) is 0.210. The van der Waals surface area contributed by atoms with Crippen molar-refractivity contribution in [1.82, 2.24) is 20.1 Å². The van der Waals surface area contributed by atoms with Crippen LogP contribution in [-0.2, 0) is 20.1 Å². The fourth-order valence-corrected chi connectivity index (χ4v) is 1.74. The Bertz CT molecular complexity index is 624. The van der Waals surface area contributed by atoms with Gasteiger partial charge in [-0.15, -0.1) is 10.2 Å². The average Bonchev–Trinajstić information content (AvgIpc) is 2.83. The Morgan fingerprint density at radius 2 is 2.25 bits per heavy atom. The minimum absolute atomic E-state index is 0.126. The average molecular weight is 278 g/mol. The summed E-state index contributed by atoms with van der Waals surface area (Å²) in [6.45, 7) is 0.933. The van der Waals surface area contributed by atoms with E-state index in [4.69, 9.17) is 10.9 Å². The van der Waals surface area contributed by atoms with E-state index >= 15 is 0 Å². The fraction of sp³-hybridized carbons (Fsp3) is 0.250. The van der Waals surface area contributed by atoms with Gasteiger partial charge in [-0.1, -0.05) is 5.16 Å². The Balaban J connectivity index is 2.02. The van der Waals surface area contributed by atoms with E-state index in [9.17, 15) is 4.39 Å². The van der Waals surface area contributed by atoms with E-state index in [1.807, 2.05) is 7.05 Å². The third-order valence-corrected chi connectivity index (χ3v) is 2.78. The molecule has 106 valence electrons. The van der Waals surface area contributed by atoms with Crippen LogP contribution in [0.15, 0.2) is 29.7 Å². The quantitative estimate of drug-likeness (QED) is 0.317. The van der Waals surface area contributed by atoms with Crippen molar-refractivity contribution in [2.75, 3.05) is 0 Å². The predicted molar refractivity (Wildman–Crippen MR) is 70.5 cm³/mol. The molecule has 1 aromatic heterocycles. The zero-order valence-corrected chi connectivity index (χ0v) is 10.9. The summed E-state index contributed by atoms with van der Waals surface area (Å²) in [5.41, 5.74) is 6.47. The van der Waals surface area contributed by atoms with Crippen LogP contribution in [0.25, 0.3) is 0 Å². The van der Waals surface area contributed by atoms with Crippen LogP contribution < -0.4 is 11.1 Å². The number of amidine groups is 1. The Labute approximate surface area is 114 Å². The highest BCUT2D eigenvalue weighted by Crippen LogP contribution is 2.09. The van der Waals surface area contributed by atoms with Crippen molar-refractivity contribution >= 4 is 5.84 Å². The lowest BCUT2D eigenvalue weighted by molar-refractivity contribution is 0.318. The minimum Gasteiger partial charge on any atom is -0.409 e. The largest absolute Gasteiger partial charge is 0.409 e. The van der Waals surface area contributed by atoms with Crippen molar-refractivity contribution in [1.29, 1.82) is 0 Å². The molecule has 0 fully saturated rings. The maximum absolute atomic E-state index is 13.4. The van der Waals surface area contributed by atoms with E-state index in [0.717, 1.165) is 5.82 Å². The van der Waals surface area contributed by atoms with Crippen LogP contribution >= 0.6 is 0 Å². The van der Waals surface area contributed by atoms with Gasteiger partial charge in [0.2, 0.25) is 0 Å². The molecular weight excluding hydrogens is 263 g/mol. The van der Waals surface area contributed by atoms with Crippen LogP contribution in [0.5, 0.6) is 0 Å². The summed E-state index contributed by atoms with van der Waals surface area (Å²) < 4.78 is 15.2. The molecule has 0 saturated heterocycles. The number of oxime groups is 1. The van der Waals surface area contributed by atoms with Gasteiger partial charge in [-0.3, -0.25) is 0 Å². The van der Waals surface area contributed by atoms with Gasteiger partial charge in [0.05, 0.1) is 6.54 Å². The molecule has 0 aliphatic rings. The third kappa shape index (κ3) is 3.29. The molecule has 0 aliphatic carbocycles. The lowest BCUT2D eigenvalue weighted by Crippen LogP contribution is -2.17. The van der Waals surface area contributed by atoms with Crippen molar-refractivity contribution < 1.29 is 9.60 Å². The molecule has 7 nitrogen and oxygen atoms in total. The van der Waals surface area contributed by atoms with Crippen molar-refractivity contribution in [3.63, 3.8) is 0 Å². The zero-order chi connectivity index (χ0) is 14.5. The third-order valence-electron chi connectivity index (χ3n) is 2.78. The van der Waals surface area contributed by atoms with Crippen LogP contribution in [0.2, 0.25) is 0 Å². The number of aryl methyl sites for hydroxylation is 1. The molecule has 2 rings (SSSR count). The first-order chi connectivity index (χ1) is 9.60.